The second-order valence-electron chi connectivity index (χ2n) is 5.34. The molecular weight excluding hydrogens is 248 g/mol. The van der Waals surface area contributed by atoms with Gasteiger partial charge in [-0.25, -0.2) is 9.78 Å². The van der Waals surface area contributed by atoms with Crippen molar-refractivity contribution in [1.82, 2.24) is 20.6 Å². The van der Waals surface area contributed by atoms with E-state index in [1.807, 2.05) is 20.8 Å². The number of aromatic nitrogens is 2. The highest BCUT2D eigenvalue weighted by Crippen LogP contribution is 2.00. The quantitative estimate of drug-likeness (QED) is 0.577. The van der Waals surface area contributed by atoms with E-state index in [4.69, 9.17) is 5.11 Å². The normalized spacial score (nSPS) is 13.0. The van der Waals surface area contributed by atoms with Gasteiger partial charge in [0.2, 0.25) is 5.91 Å². The summed E-state index contributed by atoms with van der Waals surface area (Å²) in [7, 11) is 0. The van der Waals surface area contributed by atoms with Crippen molar-refractivity contribution < 1.29 is 14.7 Å². The van der Waals surface area contributed by atoms with Crippen molar-refractivity contribution in [2.75, 3.05) is 6.54 Å². The number of carbonyl (C=O) groups excluding carboxylic acids is 1. The van der Waals surface area contributed by atoms with Crippen molar-refractivity contribution in [2.24, 2.45) is 0 Å². The van der Waals surface area contributed by atoms with Gasteiger partial charge >= 0.3 is 5.97 Å². The summed E-state index contributed by atoms with van der Waals surface area (Å²) in [5.74, 6) is -1.42. The number of carboxylic acid groups (broad SMARTS) is 1. The van der Waals surface area contributed by atoms with Gasteiger partial charge in [-0.2, -0.15) is 0 Å². The summed E-state index contributed by atoms with van der Waals surface area (Å²) in [6, 6.07) is -0.963. The highest BCUT2D eigenvalue weighted by molar-refractivity contribution is 5.84. The molecule has 0 aliphatic carbocycles. The summed E-state index contributed by atoms with van der Waals surface area (Å²) in [5.41, 5.74) is 0.468. The Morgan fingerprint density at radius 2 is 2.16 bits per heavy atom. The predicted molar refractivity (Wildman–Crippen MR) is 69.6 cm³/mol. The first kappa shape index (κ1) is 15.2. The zero-order valence-corrected chi connectivity index (χ0v) is 11.4. The van der Waals surface area contributed by atoms with E-state index in [-0.39, 0.29) is 24.4 Å². The predicted octanol–water partition coefficient (Wildman–Crippen LogP) is -0.0903. The van der Waals surface area contributed by atoms with Crippen LogP contribution in [0.5, 0.6) is 0 Å². The van der Waals surface area contributed by atoms with Crippen LogP contribution in [0.3, 0.4) is 0 Å². The first-order valence-electron chi connectivity index (χ1n) is 6.02. The Bertz CT molecular complexity index is 423. The van der Waals surface area contributed by atoms with Gasteiger partial charge in [0.1, 0.15) is 6.04 Å². The maximum absolute atomic E-state index is 11.7. The Hall–Kier alpha value is -1.89. The molecule has 0 spiro atoms. The van der Waals surface area contributed by atoms with Crippen molar-refractivity contribution >= 4 is 11.9 Å². The molecule has 0 saturated carbocycles. The van der Waals surface area contributed by atoms with Gasteiger partial charge < -0.3 is 20.7 Å². The molecule has 0 aromatic carbocycles. The molecule has 0 aliphatic rings. The van der Waals surface area contributed by atoms with Crippen molar-refractivity contribution in [1.29, 1.82) is 0 Å². The number of nitrogens with zero attached hydrogens (tertiary/aromatic N) is 1. The average molecular weight is 268 g/mol. The number of aromatic amines is 1. The van der Waals surface area contributed by atoms with Gasteiger partial charge in [0, 0.05) is 23.9 Å². The van der Waals surface area contributed by atoms with Crippen LogP contribution in [0.1, 0.15) is 26.5 Å². The number of H-pyrrole nitrogens is 1. The lowest BCUT2D eigenvalue weighted by molar-refractivity contribution is -0.141. The molecule has 0 fully saturated rings. The maximum Gasteiger partial charge on any atom is 0.326 e. The first-order valence-corrected chi connectivity index (χ1v) is 6.02. The van der Waals surface area contributed by atoms with Gasteiger partial charge in [-0.15, -0.1) is 0 Å². The van der Waals surface area contributed by atoms with Crippen LogP contribution in [-0.2, 0) is 16.0 Å². The monoisotopic (exact) mass is 268 g/mol. The summed E-state index contributed by atoms with van der Waals surface area (Å²) in [6.07, 6.45) is 3.18. The Morgan fingerprint density at radius 3 is 2.63 bits per heavy atom. The molecule has 7 heteroatoms. The minimum absolute atomic E-state index is 0.0796. The van der Waals surface area contributed by atoms with Crippen LogP contribution in [0, 0.1) is 0 Å². The van der Waals surface area contributed by atoms with Crippen LogP contribution in [0.4, 0.5) is 0 Å². The summed E-state index contributed by atoms with van der Waals surface area (Å²) >= 11 is 0. The third-order valence-electron chi connectivity index (χ3n) is 2.39. The average Bonchev–Trinajstić information content (AvgIpc) is 2.77. The SMILES string of the molecule is CC(C)(C)NCC(=O)N[C@H](Cc1cnc[nH]1)C(=O)O. The van der Waals surface area contributed by atoms with Crippen molar-refractivity contribution in [2.45, 2.75) is 38.8 Å². The van der Waals surface area contributed by atoms with Crippen LogP contribution in [0.2, 0.25) is 0 Å². The third-order valence-corrected chi connectivity index (χ3v) is 2.39. The van der Waals surface area contributed by atoms with E-state index >= 15 is 0 Å². The lowest BCUT2D eigenvalue weighted by Gasteiger charge is -2.21. The highest BCUT2D eigenvalue weighted by Gasteiger charge is 2.21. The van der Waals surface area contributed by atoms with Crippen molar-refractivity contribution in [3.63, 3.8) is 0 Å². The number of imidazole rings is 1. The number of nitrogens with one attached hydrogen (secondary N) is 3. The van der Waals surface area contributed by atoms with Gasteiger partial charge in [-0.05, 0) is 20.8 Å². The first-order chi connectivity index (χ1) is 8.78. The fraction of sp³-hybridized carbons (Fsp3) is 0.583. The summed E-state index contributed by atoms with van der Waals surface area (Å²) in [4.78, 5) is 29.4. The molecule has 0 bridgehead atoms. The maximum atomic E-state index is 11.7. The molecule has 0 unspecified atom stereocenters. The molecule has 1 aromatic rings. The van der Waals surface area contributed by atoms with Gasteiger partial charge in [0.15, 0.2) is 0 Å². The van der Waals surface area contributed by atoms with E-state index in [0.717, 1.165) is 0 Å². The lowest BCUT2D eigenvalue weighted by Crippen LogP contribution is -2.48. The zero-order valence-electron chi connectivity index (χ0n) is 11.4. The minimum atomic E-state index is -1.07. The largest absolute Gasteiger partial charge is 0.480 e. The lowest BCUT2D eigenvalue weighted by atomic mass is 10.1. The molecule has 0 radical (unpaired) electrons. The smallest absolute Gasteiger partial charge is 0.326 e. The molecular formula is C12H20N4O3. The molecule has 1 atom stereocenters. The Labute approximate surface area is 111 Å². The van der Waals surface area contributed by atoms with Gasteiger partial charge in [-0.1, -0.05) is 0 Å². The molecule has 106 valence electrons. The number of rotatable bonds is 6. The summed E-state index contributed by atoms with van der Waals surface area (Å²) < 4.78 is 0. The second-order valence-corrected chi connectivity index (χ2v) is 5.34. The van der Waals surface area contributed by atoms with Crippen LogP contribution in [-0.4, -0.2) is 45.1 Å². The number of carbonyl (C=O) groups is 2. The fourth-order valence-electron chi connectivity index (χ4n) is 1.41. The van der Waals surface area contributed by atoms with Crippen LogP contribution in [0.25, 0.3) is 0 Å². The fourth-order valence-corrected chi connectivity index (χ4v) is 1.41. The topological polar surface area (TPSA) is 107 Å². The van der Waals surface area contributed by atoms with E-state index in [1.54, 1.807) is 0 Å². The van der Waals surface area contributed by atoms with Crippen molar-refractivity contribution in [3.8, 4) is 0 Å². The zero-order chi connectivity index (χ0) is 14.5. The van der Waals surface area contributed by atoms with Gasteiger partial charge in [0.05, 0.1) is 12.9 Å². The van der Waals surface area contributed by atoms with Gasteiger partial charge in [-0.3, -0.25) is 4.79 Å². The molecule has 1 amide bonds. The summed E-state index contributed by atoms with van der Waals surface area (Å²) in [5, 5.41) is 14.6. The van der Waals surface area contributed by atoms with Crippen molar-refractivity contribution in [3.05, 3.63) is 18.2 Å². The van der Waals surface area contributed by atoms with E-state index in [1.165, 1.54) is 12.5 Å². The number of hydrogen-bond donors (Lipinski definition) is 4. The number of hydrogen-bond acceptors (Lipinski definition) is 4. The molecule has 1 heterocycles. The Kier molecular flexibility index (Phi) is 5.05. The highest BCUT2D eigenvalue weighted by atomic mass is 16.4. The van der Waals surface area contributed by atoms with E-state index in [2.05, 4.69) is 20.6 Å². The third kappa shape index (κ3) is 6.01. The second kappa shape index (κ2) is 6.33. The Balaban J connectivity index is 2.49. The van der Waals surface area contributed by atoms with Crippen LogP contribution < -0.4 is 10.6 Å². The van der Waals surface area contributed by atoms with Gasteiger partial charge in [0.25, 0.3) is 0 Å². The molecule has 0 saturated heterocycles. The van der Waals surface area contributed by atoms with Crippen LogP contribution >= 0.6 is 0 Å². The molecule has 0 aliphatic heterocycles. The molecule has 19 heavy (non-hydrogen) atoms. The standard InChI is InChI=1S/C12H20N4O3/c1-12(2,3)15-6-10(17)16-9(11(18)19)4-8-5-13-7-14-8/h5,7,9,15H,4,6H2,1-3H3,(H,13,14)(H,16,17)(H,18,19)/t9-/m1/s1. The van der Waals surface area contributed by atoms with Crippen LogP contribution in [0.15, 0.2) is 12.5 Å². The Morgan fingerprint density at radius 1 is 1.47 bits per heavy atom. The van der Waals surface area contributed by atoms with E-state index in [9.17, 15) is 9.59 Å². The number of aliphatic carboxylic acids is 1. The number of carboxylic acids is 1. The molecule has 1 rings (SSSR count). The summed E-state index contributed by atoms with van der Waals surface area (Å²) in [6.45, 7) is 5.87. The molecule has 4 N–H and O–H groups in total. The number of amides is 1. The molecule has 1 aromatic heterocycles. The van der Waals surface area contributed by atoms with E-state index in [0.29, 0.717) is 5.69 Å². The molecule has 7 nitrogen and oxygen atoms in total. The van der Waals surface area contributed by atoms with E-state index < -0.39 is 12.0 Å². The minimum Gasteiger partial charge on any atom is -0.480 e.